The van der Waals surface area contributed by atoms with Crippen LogP contribution in [-0.4, -0.2) is 14.8 Å². The fraction of sp³-hybridized carbons (Fsp3) is 0.333. The van der Waals surface area contributed by atoms with Gasteiger partial charge in [0, 0.05) is 13.2 Å². The minimum Gasteiger partial charge on any atom is -0.439 e. The van der Waals surface area contributed by atoms with Crippen molar-refractivity contribution >= 4 is 0 Å². The molecule has 0 atom stereocenters. The number of nitrogens with zero attached hydrogens (tertiary/aromatic N) is 3. The van der Waals surface area contributed by atoms with Gasteiger partial charge in [0.15, 0.2) is 0 Å². The summed E-state index contributed by atoms with van der Waals surface area (Å²) >= 11 is 0. The van der Waals surface area contributed by atoms with Crippen molar-refractivity contribution in [1.29, 1.82) is 0 Å². The summed E-state index contributed by atoms with van der Waals surface area (Å²) in [6.07, 6.45) is 3.57. The summed E-state index contributed by atoms with van der Waals surface area (Å²) < 4.78 is 7.18. The average molecular weight is 192 g/mol. The highest BCUT2D eigenvalue weighted by molar-refractivity contribution is 5.50. The van der Waals surface area contributed by atoms with Crippen LogP contribution >= 0.6 is 0 Å². The Bertz CT molecular complexity index is 443. The van der Waals surface area contributed by atoms with E-state index in [0.717, 1.165) is 17.0 Å². The molecule has 0 unspecified atom stereocenters. The molecule has 0 aliphatic heterocycles. The fourth-order valence-electron chi connectivity index (χ4n) is 1.27. The number of nitrogens with two attached hydrogens (primary N) is 1. The van der Waals surface area contributed by atoms with E-state index in [1.807, 2.05) is 20.2 Å². The lowest BCUT2D eigenvalue weighted by Gasteiger charge is -1.88. The SMILES string of the molecule is Cc1nc(-c2cnn(C)c2)oc1CN. The lowest BCUT2D eigenvalue weighted by molar-refractivity contribution is 0.518. The predicted molar refractivity (Wildman–Crippen MR) is 51.3 cm³/mol. The zero-order chi connectivity index (χ0) is 10.1. The van der Waals surface area contributed by atoms with Gasteiger partial charge in [-0.05, 0) is 6.92 Å². The van der Waals surface area contributed by atoms with Gasteiger partial charge in [-0.25, -0.2) is 4.98 Å². The normalized spacial score (nSPS) is 10.8. The number of rotatable bonds is 2. The number of aromatic nitrogens is 3. The van der Waals surface area contributed by atoms with Crippen LogP contribution in [0.25, 0.3) is 11.5 Å². The van der Waals surface area contributed by atoms with E-state index < -0.39 is 0 Å². The van der Waals surface area contributed by atoms with Crippen molar-refractivity contribution < 1.29 is 4.42 Å². The number of hydrogen-bond donors (Lipinski definition) is 1. The standard InChI is InChI=1S/C9H12N4O/c1-6-8(3-10)14-9(12-6)7-4-11-13(2)5-7/h4-5H,3,10H2,1-2H3. The molecule has 74 valence electrons. The molecule has 2 aromatic heterocycles. The molecule has 0 radical (unpaired) electrons. The van der Waals surface area contributed by atoms with Gasteiger partial charge in [-0.1, -0.05) is 0 Å². The zero-order valence-electron chi connectivity index (χ0n) is 8.19. The summed E-state index contributed by atoms with van der Waals surface area (Å²) in [5, 5.41) is 4.04. The lowest BCUT2D eigenvalue weighted by Crippen LogP contribution is -1.95. The number of oxazole rings is 1. The topological polar surface area (TPSA) is 69.9 Å². The summed E-state index contributed by atoms with van der Waals surface area (Å²) in [5.41, 5.74) is 7.20. The monoisotopic (exact) mass is 192 g/mol. The molecule has 2 N–H and O–H groups in total. The van der Waals surface area contributed by atoms with Crippen molar-refractivity contribution in [2.24, 2.45) is 12.8 Å². The van der Waals surface area contributed by atoms with Crippen molar-refractivity contribution in [2.75, 3.05) is 0 Å². The maximum Gasteiger partial charge on any atom is 0.229 e. The largest absolute Gasteiger partial charge is 0.439 e. The molecule has 0 saturated heterocycles. The van der Waals surface area contributed by atoms with E-state index in [2.05, 4.69) is 10.1 Å². The summed E-state index contributed by atoms with van der Waals surface area (Å²) in [6.45, 7) is 2.25. The van der Waals surface area contributed by atoms with Crippen LogP contribution in [0.4, 0.5) is 0 Å². The quantitative estimate of drug-likeness (QED) is 0.765. The van der Waals surface area contributed by atoms with E-state index in [1.54, 1.807) is 10.9 Å². The van der Waals surface area contributed by atoms with Gasteiger partial charge in [0.25, 0.3) is 0 Å². The Hall–Kier alpha value is -1.62. The number of aryl methyl sites for hydroxylation is 2. The second-order valence-electron chi connectivity index (χ2n) is 3.13. The Kier molecular flexibility index (Phi) is 2.09. The summed E-state index contributed by atoms with van der Waals surface area (Å²) in [5.74, 6) is 1.31. The molecule has 2 aromatic rings. The first-order valence-electron chi connectivity index (χ1n) is 4.36. The highest BCUT2D eigenvalue weighted by Gasteiger charge is 2.10. The van der Waals surface area contributed by atoms with Crippen LogP contribution in [0.2, 0.25) is 0 Å². The summed E-state index contributed by atoms with van der Waals surface area (Å²) in [7, 11) is 1.85. The van der Waals surface area contributed by atoms with Crippen molar-refractivity contribution in [1.82, 2.24) is 14.8 Å². The minimum atomic E-state index is 0.374. The third-order valence-corrected chi connectivity index (χ3v) is 2.03. The van der Waals surface area contributed by atoms with Gasteiger partial charge in [-0.15, -0.1) is 0 Å². The minimum absolute atomic E-state index is 0.374. The molecule has 0 aliphatic carbocycles. The molecule has 0 bridgehead atoms. The molecule has 0 amide bonds. The highest BCUT2D eigenvalue weighted by Crippen LogP contribution is 2.20. The van der Waals surface area contributed by atoms with Gasteiger partial charge >= 0.3 is 0 Å². The molecule has 0 fully saturated rings. The van der Waals surface area contributed by atoms with E-state index >= 15 is 0 Å². The predicted octanol–water partition coefficient (Wildman–Crippen LogP) is 0.842. The Morgan fingerprint density at radius 3 is 2.86 bits per heavy atom. The summed E-state index contributed by atoms with van der Waals surface area (Å²) in [6, 6.07) is 0. The van der Waals surface area contributed by atoms with Gasteiger partial charge in [-0.3, -0.25) is 4.68 Å². The van der Waals surface area contributed by atoms with E-state index in [9.17, 15) is 0 Å². The van der Waals surface area contributed by atoms with Gasteiger partial charge in [0.05, 0.1) is 24.0 Å². The molecule has 2 heterocycles. The molecule has 2 rings (SSSR count). The second-order valence-corrected chi connectivity index (χ2v) is 3.13. The molecule has 0 aromatic carbocycles. The van der Waals surface area contributed by atoms with E-state index in [-0.39, 0.29) is 0 Å². The molecule has 5 heteroatoms. The summed E-state index contributed by atoms with van der Waals surface area (Å²) in [4.78, 5) is 4.27. The van der Waals surface area contributed by atoms with Gasteiger partial charge in [0.1, 0.15) is 5.76 Å². The molecule has 0 spiro atoms. The van der Waals surface area contributed by atoms with Crippen LogP contribution < -0.4 is 5.73 Å². The Morgan fingerprint density at radius 1 is 1.57 bits per heavy atom. The van der Waals surface area contributed by atoms with Crippen LogP contribution in [0.1, 0.15) is 11.5 Å². The van der Waals surface area contributed by atoms with Crippen LogP contribution in [0.3, 0.4) is 0 Å². The third kappa shape index (κ3) is 1.42. The Balaban J connectivity index is 2.42. The van der Waals surface area contributed by atoms with E-state index in [0.29, 0.717) is 12.4 Å². The maximum atomic E-state index is 5.49. The molecule has 0 aliphatic rings. The second kappa shape index (κ2) is 3.26. The first-order valence-corrected chi connectivity index (χ1v) is 4.36. The van der Waals surface area contributed by atoms with Crippen molar-refractivity contribution in [2.45, 2.75) is 13.5 Å². The van der Waals surface area contributed by atoms with Crippen molar-refractivity contribution in [3.05, 3.63) is 23.8 Å². The Morgan fingerprint density at radius 2 is 2.36 bits per heavy atom. The maximum absolute atomic E-state index is 5.49. The first kappa shape index (κ1) is 8.96. The highest BCUT2D eigenvalue weighted by atomic mass is 16.4. The van der Waals surface area contributed by atoms with Gasteiger partial charge < -0.3 is 10.2 Å². The van der Waals surface area contributed by atoms with E-state index in [4.69, 9.17) is 10.2 Å². The van der Waals surface area contributed by atoms with Crippen molar-refractivity contribution in [3.63, 3.8) is 0 Å². The van der Waals surface area contributed by atoms with Crippen molar-refractivity contribution in [3.8, 4) is 11.5 Å². The zero-order valence-corrected chi connectivity index (χ0v) is 8.19. The number of hydrogen-bond acceptors (Lipinski definition) is 4. The molecular weight excluding hydrogens is 180 g/mol. The smallest absolute Gasteiger partial charge is 0.229 e. The third-order valence-electron chi connectivity index (χ3n) is 2.03. The Labute approximate surface area is 81.5 Å². The lowest BCUT2D eigenvalue weighted by atomic mass is 10.3. The average Bonchev–Trinajstić information content (AvgIpc) is 2.71. The molecule has 14 heavy (non-hydrogen) atoms. The van der Waals surface area contributed by atoms with Crippen LogP contribution in [0, 0.1) is 6.92 Å². The van der Waals surface area contributed by atoms with Gasteiger partial charge in [0.2, 0.25) is 5.89 Å². The van der Waals surface area contributed by atoms with E-state index in [1.165, 1.54) is 0 Å². The fourth-order valence-corrected chi connectivity index (χ4v) is 1.27. The van der Waals surface area contributed by atoms with Crippen LogP contribution in [-0.2, 0) is 13.6 Å². The van der Waals surface area contributed by atoms with Gasteiger partial charge in [-0.2, -0.15) is 5.10 Å². The first-order chi connectivity index (χ1) is 6.70. The molecular formula is C9H12N4O. The molecule has 0 saturated carbocycles. The van der Waals surface area contributed by atoms with Crippen LogP contribution in [0.5, 0.6) is 0 Å². The van der Waals surface area contributed by atoms with Crippen LogP contribution in [0.15, 0.2) is 16.8 Å². The molecule has 5 nitrogen and oxygen atoms in total.